The summed E-state index contributed by atoms with van der Waals surface area (Å²) in [5.41, 5.74) is 0. The number of nitrogens with one attached hydrogen (secondary N) is 1. The van der Waals surface area contributed by atoms with E-state index in [0.29, 0.717) is 5.92 Å². The van der Waals surface area contributed by atoms with Crippen LogP contribution in [0.5, 0.6) is 0 Å². The summed E-state index contributed by atoms with van der Waals surface area (Å²) < 4.78 is 5.46. The van der Waals surface area contributed by atoms with E-state index in [1.54, 1.807) is 0 Å². The average molecular weight is 207 g/mol. The van der Waals surface area contributed by atoms with E-state index in [2.05, 4.69) is 12.2 Å². The first-order chi connectivity index (χ1) is 7.08. The first-order valence-corrected chi connectivity index (χ1v) is 5.44. The Morgan fingerprint density at radius 3 is 2.73 bits per heavy atom. The lowest BCUT2D eigenvalue weighted by Gasteiger charge is -2.10. The number of furan rings is 1. The van der Waals surface area contributed by atoms with Gasteiger partial charge in [-0.25, -0.2) is 0 Å². The van der Waals surface area contributed by atoms with Crippen LogP contribution in [0, 0.1) is 18.8 Å². The molecule has 1 amide bonds. The largest absolute Gasteiger partial charge is 0.464 e. The van der Waals surface area contributed by atoms with Gasteiger partial charge in [0.05, 0.1) is 6.04 Å². The van der Waals surface area contributed by atoms with Crippen LogP contribution in [-0.2, 0) is 4.79 Å². The Hall–Kier alpha value is -1.25. The molecule has 1 aliphatic carbocycles. The molecule has 1 aromatic rings. The van der Waals surface area contributed by atoms with E-state index in [0.717, 1.165) is 17.9 Å². The molecule has 0 spiro atoms. The van der Waals surface area contributed by atoms with Gasteiger partial charge < -0.3 is 9.73 Å². The zero-order chi connectivity index (χ0) is 11.0. The summed E-state index contributed by atoms with van der Waals surface area (Å²) >= 11 is 0. The minimum atomic E-state index is -0.0287. The molecule has 1 aliphatic rings. The van der Waals surface area contributed by atoms with Gasteiger partial charge in [0.15, 0.2) is 0 Å². The van der Waals surface area contributed by atoms with Crippen LogP contribution in [0.15, 0.2) is 16.5 Å². The molecule has 3 atom stereocenters. The summed E-state index contributed by atoms with van der Waals surface area (Å²) in [6, 6.07) is 3.80. The lowest BCUT2D eigenvalue weighted by molar-refractivity contribution is -0.123. The van der Waals surface area contributed by atoms with Crippen molar-refractivity contribution in [3.63, 3.8) is 0 Å². The highest BCUT2D eigenvalue weighted by Gasteiger charge is 2.39. The molecular weight excluding hydrogens is 190 g/mol. The Morgan fingerprint density at radius 2 is 2.27 bits per heavy atom. The van der Waals surface area contributed by atoms with Gasteiger partial charge in [-0.3, -0.25) is 4.79 Å². The van der Waals surface area contributed by atoms with Gasteiger partial charge in [0, 0.05) is 5.92 Å². The fourth-order valence-corrected chi connectivity index (χ4v) is 1.77. The smallest absolute Gasteiger partial charge is 0.223 e. The predicted molar refractivity (Wildman–Crippen MR) is 57.3 cm³/mol. The highest BCUT2D eigenvalue weighted by molar-refractivity contribution is 5.81. The van der Waals surface area contributed by atoms with E-state index < -0.39 is 0 Å². The van der Waals surface area contributed by atoms with Crippen molar-refractivity contribution in [2.75, 3.05) is 0 Å². The quantitative estimate of drug-likeness (QED) is 0.827. The Morgan fingerprint density at radius 1 is 1.60 bits per heavy atom. The fourth-order valence-electron chi connectivity index (χ4n) is 1.77. The second-order valence-electron chi connectivity index (χ2n) is 4.50. The minimum Gasteiger partial charge on any atom is -0.464 e. The molecule has 0 aliphatic heterocycles. The van der Waals surface area contributed by atoms with Gasteiger partial charge >= 0.3 is 0 Å². The molecule has 1 aromatic heterocycles. The zero-order valence-corrected chi connectivity index (χ0v) is 9.41. The number of rotatable bonds is 3. The molecular formula is C12H17NO2. The van der Waals surface area contributed by atoms with Crippen molar-refractivity contribution in [3.8, 4) is 0 Å². The molecule has 1 N–H and O–H groups in total. The number of amides is 1. The number of hydrogen-bond donors (Lipinski definition) is 1. The summed E-state index contributed by atoms with van der Waals surface area (Å²) in [6.07, 6.45) is 1.02. The van der Waals surface area contributed by atoms with Crippen molar-refractivity contribution >= 4 is 5.91 Å². The molecule has 0 saturated heterocycles. The topological polar surface area (TPSA) is 42.2 Å². The molecule has 3 heteroatoms. The molecule has 0 bridgehead atoms. The maximum atomic E-state index is 11.7. The highest BCUT2D eigenvalue weighted by atomic mass is 16.3. The second kappa shape index (κ2) is 3.72. The number of hydrogen-bond acceptors (Lipinski definition) is 2. The van der Waals surface area contributed by atoms with Gasteiger partial charge in [0.2, 0.25) is 5.91 Å². The Bertz CT molecular complexity index is 369. The van der Waals surface area contributed by atoms with E-state index in [4.69, 9.17) is 4.42 Å². The summed E-state index contributed by atoms with van der Waals surface area (Å²) in [7, 11) is 0. The highest BCUT2D eigenvalue weighted by Crippen LogP contribution is 2.38. The molecule has 0 radical (unpaired) electrons. The van der Waals surface area contributed by atoms with E-state index in [1.165, 1.54) is 0 Å². The standard InChI is InChI=1S/C12H17NO2/c1-7-6-10(7)12(14)13-9(3)11-5-4-8(2)15-11/h4-5,7,9-10H,6H2,1-3H3,(H,13,14). The van der Waals surface area contributed by atoms with Crippen LogP contribution in [0.3, 0.4) is 0 Å². The van der Waals surface area contributed by atoms with Crippen molar-refractivity contribution in [2.45, 2.75) is 33.2 Å². The number of carbonyl (C=O) groups is 1. The average Bonchev–Trinajstić information content (AvgIpc) is 2.73. The molecule has 0 aromatic carbocycles. The van der Waals surface area contributed by atoms with Crippen LogP contribution in [0.1, 0.15) is 37.8 Å². The van der Waals surface area contributed by atoms with Crippen molar-refractivity contribution in [1.29, 1.82) is 0 Å². The third-order valence-corrected chi connectivity index (χ3v) is 2.99. The predicted octanol–water partition coefficient (Wildman–Crippen LogP) is 2.42. The maximum absolute atomic E-state index is 11.7. The second-order valence-corrected chi connectivity index (χ2v) is 4.50. The molecule has 1 fully saturated rings. The zero-order valence-electron chi connectivity index (χ0n) is 9.41. The maximum Gasteiger partial charge on any atom is 0.223 e. The third kappa shape index (κ3) is 2.22. The third-order valence-electron chi connectivity index (χ3n) is 2.99. The van der Waals surface area contributed by atoms with Crippen LogP contribution in [0.25, 0.3) is 0 Å². The van der Waals surface area contributed by atoms with Gasteiger partial charge in [-0.2, -0.15) is 0 Å². The van der Waals surface area contributed by atoms with Crippen LogP contribution in [0.2, 0.25) is 0 Å². The molecule has 1 heterocycles. The molecule has 1 saturated carbocycles. The van der Waals surface area contributed by atoms with Crippen LogP contribution >= 0.6 is 0 Å². The number of carbonyl (C=O) groups excluding carboxylic acids is 1. The Labute approximate surface area is 89.9 Å². The van der Waals surface area contributed by atoms with E-state index in [1.807, 2.05) is 26.0 Å². The Balaban J connectivity index is 1.92. The van der Waals surface area contributed by atoms with Gasteiger partial charge in [-0.1, -0.05) is 6.92 Å². The van der Waals surface area contributed by atoms with Crippen LogP contribution in [0.4, 0.5) is 0 Å². The summed E-state index contributed by atoms with van der Waals surface area (Å²) in [5.74, 6) is 2.64. The normalized spacial score (nSPS) is 26.1. The fraction of sp³-hybridized carbons (Fsp3) is 0.583. The van der Waals surface area contributed by atoms with Crippen molar-refractivity contribution in [3.05, 3.63) is 23.7 Å². The van der Waals surface area contributed by atoms with E-state index >= 15 is 0 Å². The SMILES string of the molecule is Cc1ccc(C(C)NC(=O)C2CC2C)o1. The van der Waals surface area contributed by atoms with Crippen LogP contribution in [-0.4, -0.2) is 5.91 Å². The molecule has 3 nitrogen and oxygen atoms in total. The van der Waals surface area contributed by atoms with Crippen molar-refractivity contribution < 1.29 is 9.21 Å². The summed E-state index contributed by atoms with van der Waals surface area (Å²) in [5, 5.41) is 2.97. The summed E-state index contributed by atoms with van der Waals surface area (Å²) in [4.78, 5) is 11.7. The molecule has 82 valence electrons. The first kappa shape index (κ1) is 10.3. The van der Waals surface area contributed by atoms with Gasteiger partial charge in [-0.05, 0) is 38.3 Å². The van der Waals surface area contributed by atoms with Gasteiger partial charge in [-0.15, -0.1) is 0 Å². The molecule has 2 rings (SSSR count). The summed E-state index contributed by atoms with van der Waals surface area (Å²) in [6.45, 7) is 5.95. The van der Waals surface area contributed by atoms with E-state index in [-0.39, 0.29) is 17.9 Å². The van der Waals surface area contributed by atoms with E-state index in [9.17, 15) is 4.79 Å². The first-order valence-electron chi connectivity index (χ1n) is 5.44. The van der Waals surface area contributed by atoms with Crippen molar-refractivity contribution in [1.82, 2.24) is 5.32 Å². The van der Waals surface area contributed by atoms with Gasteiger partial charge in [0.25, 0.3) is 0 Å². The molecule has 15 heavy (non-hydrogen) atoms. The molecule has 3 unspecified atom stereocenters. The lowest BCUT2D eigenvalue weighted by Crippen LogP contribution is -2.28. The minimum absolute atomic E-state index is 0.0287. The van der Waals surface area contributed by atoms with Gasteiger partial charge in [0.1, 0.15) is 11.5 Å². The van der Waals surface area contributed by atoms with Crippen LogP contribution < -0.4 is 5.32 Å². The van der Waals surface area contributed by atoms with Crippen molar-refractivity contribution in [2.24, 2.45) is 11.8 Å². The Kier molecular flexibility index (Phi) is 2.55. The number of aryl methyl sites for hydroxylation is 1. The monoisotopic (exact) mass is 207 g/mol. The lowest BCUT2D eigenvalue weighted by atomic mass is 10.2.